The number of nitrogens with zero attached hydrogens (tertiary/aromatic N) is 1. The molecule has 94 valence electrons. The zero-order chi connectivity index (χ0) is 12.3. The first-order chi connectivity index (χ1) is 8.09. The molecule has 1 nitrogen and oxygen atoms in total. The van der Waals surface area contributed by atoms with Crippen LogP contribution in [0, 0.1) is 0 Å². The summed E-state index contributed by atoms with van der Waals surface area (Å²) in [5.74, 6) is -1.38. The van der Waals surface area contributed by atoms with E-state index in [1.807, 2.05) is 0 Å². The van der Waals surface area contributed by atoms with Crippen LogP contribution in [0.25, 0.3) is 0 Å². The van der Waals surface area contributed by atoms with E-state index in [1.165, 1.54) is 0 Å². The number of rotatable bonds is 3. The van der Waals surface area contributed by atoms with E-state index in [2.05, 4.69) is 0 Å². The minimum absolute atomic E-state index is 0. The van der Waals surface area contributed by atoms with E-state index in [0.29, 0.717) is 18.7 Å². The van der Waals surface area contributed by atoms with Gasteiger partial charge in [0, 0.05) is 5.94 Å². The molecule has 0 N–H and O–H groups in total. The van der Waals surface area contributed by atoms with Gasteiger partial charge in [-0.15, -0.1) is 0 Å². The first-order valence-corrected chi connectivity index (χ1v) is 6.08. The molecule has 1 aromatic carbocycles. The van der Waals surface area contributed by atoms with E-state index in [4.69, 9.17) is 0 Å². The number of hydrogen-bond donors (Lipinski definition) is 0. The van der Waals surface area contributed by atoms with Crippen LogP contribution in [0.3, 0.4) is 0 Å². The number of benzene rings is 1. The summed E-state index contributed by atoms with van der Waals surface area (Å²) in [6.07, 6.45) is 2.79. The Morgan fingerprint density at radius 2 is 1.50 bits per heavy atom. The van der Waals surface area contributed by atoms with Gasteiger partial charge in [-0.2, -0.15) is 0 Å². The predicted molar refractivity (Wildman–Crippen MR) is 63.7 cm³/mol. The molecule has 0 radical (unpaired) electrons. The van der Waals surface area contributed by atoms with E-state index in [9.17, 15) is 12.9 Å². The van der Waals surface area contributed by atoms with Crippen LogP contribution in [0.2, 0.25) is 0 Å². The fourth-order valence-corrected chi connectivity index (χ4v) is 2.51. The van der Waals surface area contributed by atoms with Crippen molar-refractivity contribution in [1.29, 1.82) is 0 Å². The molecular weight excluding hydrogens is 265 g/mol. The summed E-state index contributed by atoms with van der Waals surface area (Å²) >= 11 is 0. The maximum atomic E-state index is 13.2. The molecular formula is C12H16BF3KN. The van der Waals surface area contributed by atoms with Crippen molar-refractivity contribution in [2.75, 3.05) is 13.1 Å². The summed E-state index contributed by atoms with van der Waals surface area (Å²) in [7, 11) is 0. The third-order valence-electron chi connectivity index (χ3n) is 3.28. The molecule has 1 saturated heterocycles. The van der Waals surface area contributed by atoms with Crippen LogP contribution in [-0.4, -0.2) is 25.0 Å². The van der Waals surface area contributed by atoms with Crippen LogP contribution in [-0.2, 0) is 0 Å². The molecule has 1 unspecified atom stereocenters. The molecule has 0 bridgehead atoms. The minimum atomic E-state index is -4.87. The summed E-state index contributed by atoms with van der Waals surface area (Å²) in [5.41, 5.74) is 0.377. The third kappa shape index (κ3) is 4.35. The Morgan fingerprint density at radius 3 is 2.00 bits per heavy atom. The van der Waals surface area contributed by atoms with Gasteiger partial charge in [0.25, 0.3) is 0 Å². The van der Waals surface area contributed by atoms with Gasteiger partial charge in [-0.1, -0.05) is 42.3 Å². The van der Waals surface area contributed by atoms with E-state index >= 15 is 0 Å². The van der Waals surface area contributed by atoms with Gasteiger partial charge in [0.1, 0.15) is 0 Å². The number of likely N-dealkylation sites (tertiary alicyclic amines) is 1. The predicted octanol–water partition coefficient (Wildman–Crippen LogP) is 0.604. The second kappa shape index (κ2) is 7.45. The average molecular weight is 281 g/mol. The molecule has 1 aliphatic heterocycles. The zero-order valence-corrected chi connectivity index (χ0v) is 13.8. The van der Waals surface area contributed by atoms with Crippen molar-refractivity contribution in [3.8, 4) is 0 Å². The molecule has 1 aromatic rings. The normalized spacial score (nSPS) is 19.1. The Bertz CT molecular complexity index is 352. The molecule has 0 amide bonds. The Hall–Kier alpha value is 0.671. The van der Waals surface area contributed by atoms with Gasteiger partial charge in [0.15, 0.2) is 0 Å². The number of halogens is 3. The van der Waals surface area contributed by atoms with E-state index in [0.717, 1.165) is 19.3 Å². The summed E-state index contributed by atoms with van der Waals surface area (Å²) in [6, 6.07) is 8.26. The molecule has 2 rings (SSSR count). The molecule has 0 spiro atoms. The average Bonchev–Trinajstić information content (AvgIpc) is 2.30. The van der Waals surface area contributed by atoms with Crippen LogP contribution < -0.4 is 51.4 Å². The van der Waals surface area contributed by atoms with Crippen LogP contribution in [0.5, 0.6) is 0 Å². The monoisotopic (exact) mass is 281 g/mol. The molecule has 1 fully saturated rings. The zero-order valence-electron chi connectivity index (χ0n) is 10.7. The van der Waals surface area contributed by atoms with Crippen LogP contribution in [0.1, 0.15) is 30.8 Å². The molecule has 0 aromatic heterocycles. The van der Waals surface area contributed by atoms with Crippen molar-refractivity contribution in [3.05, 3.63) is 35.9 Å². The Balaban J connectivity index is 0.00000162. The minimum Gasteiger partial charge on any atom is -0.448 e. The van der Waals surface area contributed by atoms with E-state index < -0.39 is 12.9 Å². The van der Waals surface area contributed by atoms with Gasteiger partial charge >= 0.3 is 58.4 Å². The van der Waals surface area contributed by atoms with Crippen molar-refractivity contribution < 1.29 is 64.3 Å². The van der Waals surface area contributed by atoms with Gasteiger partial charge < -0.3 is 17.8 Å². The summed E-state index contributed by atoms with van der Waals surface area (Å²) in [6.45, 7) is -3.75. The Labute approximate surface area is 149 Å². The topological polar surface area (TPSA) is 3.24 Å². The molecule has 1 heterocycles. The first kappa shape index (κ1) is 16.7. The van der Waals surface area contributed by atoms with Crippen LogP contribution in [0.15, 0.2) is 30.3 Å². The maximum absolute atomic E-state index is 13.2. The summed E-state index contributed by atoms with van der Waals surface area (Å²) in [5, 5.41) is 0. The SMILES string of the molecule is F[B-](F)(F)C(c1ccccc1)N1CCCCC1.[K+]. The van der Waals surface area contributed by atoms with Crippen molar-refractivity contribution in [2.45, 2.75) is 25.2 Å². The van der Waals surface area contributed by atoms with Crippen LogP contribution in [0.4, 0.5) is 12.9 Å². The molecule has 0 saturated carbocycles. The Morgan fingerprint density at radius 1 is 0.944 bits per heavy atom. The standard InChI is InChI=1S/C12H16BF3N.K/c14-13(15,16)12(11-7-3-1-4-8-11)17-9-5-2-6-10-17;/h1,3-4,7-8,12H,2,5-6,9-10H2;/q-1;+1. The van der Waals surface area contributed by atoms with Gasteiger partial charge in [-0.05, 0) is 25.9 Å². The van der Waals surface area contributed by atoms with E-state index in [-0.39, 0.29) is 51.4 Å². The second-order valence-corrected chi connectivity index (χ2v) is 4.58. The first-order valence-electron chi connectivity index (χ1n) is 6.08. The number of hydrogen-bond acceptors (Lipinski definition) is 1. The largest absolute Gasteiger partial charge is 1.00 e. The molecule has 1 aliphatic rings. The van der Waals surface area contributed by atoms with Crippen molar-refractivity contribution in [2.24, 2.45) is 0 Å². The van der Waals surface area contributed by atoms with Gasteiger partial charge in [-0.3, -0.25) is 0 Å². The Kier molecular flexibility index (Phi) is 6.92. The number of piperidine rings is 1. The quantitative estimate of drug-likeness (QED) is 0.734. The summed E-state index contributed by atoms with van der Waals surface area (Å²) in [4.78, 5) is 1.58. The third-order valence-corrected chi connectivity index (χ3v) is 3.28. The molecule has 6 heteroatoms. The molecule has 1 atom stereocenters. The molecule has 18 heavy (non-hydrogen) atoms. The van der Waals surface area contributed by atoms with Gasteiger partial charge in [0.2, 0.25) is 0 Å². The summed E-state index contributed by atoms with van der Waals surface area (Å²) < 4.78 is 39.6. The second-order valence-electron chi connectivity index (χ2n) is 4.58. The van der Waals surface area contributed by atoms with Crippen molar-refractivity contribution in [1.82, 2.24) is 4.90 Å². The van der Waals surface area contributed by atoms with Gasteiger partial charge in [-0.25, -0.2) is 0 Å². The van der Waals surface area contributed by atoms with Crippen LogP contribution >= 0.6 is 0 Å². The fraction of sp³-hybridized carbons (Fsp3) is 0.500. The van der Waals surface area contributed by atoms with E-state index in [1.54, 1.807) is 35.2 Å². The van der Waals surface area contributed by atoms with Crippen molar-refractivity contribution >= 4 is 6.98 Å². The van der Waals surface area contributed by atoms with Crippen molar-refractivity contribution in [3.63, 3.8) is 0 Å². The molecule has 0 aliphatic carbocycles. The maximum Gasteiger partial charge on any atom is 1.00 e. The smallest absolute Gasteiger partial charge is 0.448 e. The van der Waals surface area contributed by atoms with Gasteiger partial charge in [0.05, 0.1) is 0 Å². The fourth-order valence-electron chi connectivity index (χ4n) is 2.51.